The molecule has 1 atom stereocenters. The lowest BCUT2D eigenvalue weighted by Crippen LogP contribution is -2.18. The molecule has 1 heterocycles. The molecule has 3 heteroatoms. The standard InChI is InChI=1S/C13H17N3/c1-10(12-6-4-3-5-7-12)14-8-13-11(2)15-9-16-13/h3-7,9-10,14H,8H2,1-2H3,(H,15,16)/t10-/m0/s1. The lowest BCUT2D eigenvalue weighted by atomic mass is 10.1. The second-order valence-electron chi connectivity index (χ2n) is 3.99. The maximum absolute atomic E-state index is 4.26. The van der Waals surface area contributed by atoms with Crippen LogP contribution in [0.15, 0.2) is 36.7 Å². The normalized spacial score (nSPS) is 12.6. The number of hydrogen-bond donors (Lipinski definition) is 2. The van der Waals surface area contributed by atoms with Gasteiger partial charge in [0.1, 0.15) is 0 Å². The fraction of sp³-hybridized carbons (Fsp3) is 0.308. The second-order valence-corrected chi connectivity index (χ2v) is 3.99. The predicted molar refractivity (Wildman–Crippen MR) is 65.0 cm³/mol. The number of H-pyrrole nitrogens is 1. The van der Waals surface area contributed by atoms with Crippen LogP contribution in [-0.2, 0) is 6.54 Å². The zero-order valence-electron chi connectivity index (χ0n) is 9.70. The van der Waals surface area contributed by atoms with E-state index < -0.39 is 0 Å². The Morgan fingerprint density at radius 3 is 2.69 bits per heavy atom. The first kappa shape index (κ1) is 10.9. The molecule has 16 heavy (non-hydrogen) atoms. The van der Waals surface area contributed by atoms with E-state index in [1.165, 1.54) is 5.56 Å². The molecule has 0 radical (unpaired) electrons. The van der Waals surface area contributed by atoms with Gasteiger partial charge in [-0.1, -0.05) is 30.3 Å². The van der Waals surface area contributed by atoms with Gasteiger partial charge in [-0.15, -0.1) is 0 Å². The first-order valence-electron chi connectivity index (χ1n) is 5.54. The largest absolute Gasteiger partial charge is 0.348 e. The fourth-order valence-corrected chi connectivity index (χ4v) is 1.67. The minimum atomic E-state index is 0.345. The molecule has 1 aromatic carbocycles. The van der Waals surface area contributed by atoms with Crippen molar-refractivity contribution in [2.24, 2.45) is 0 Å². The zero-order valence-corrected chi connectivity index (χ0v) is 9.70. The van der Waals surface area contributed by atoms with E-state index in [1.54, 1.807) is 6.33 Å². The monoisotopic (exact) mass is 215 g/mol. The van der Waals surface area contributed by atoms with Crippen LogP contribution in [0.25, 0.3) is 0 Å². The van der Waals surface area contributed by atoms with Crippen molar-refractivity contribution in [2.75, 3.05) is 0 Å². The molecule has 1 aromatic heterocycles. The third kappa shape index (κ3) is 2.49. The predicted octanol–water partition coefficient (Wildman–Crippen LogP) is 2.57. The van der Waals surface area contributed by atoms with Crippen LogP contribution in [0.5, 0.6) is 0 Å². The van der Waals surface area contributed by atoms with Gasteiger partial charge in [-0.3, -0.25) is 0 Å². The molecule has 0 aliphatic heterocycles. The van der Waals surface area contributed by atoms with Crippen LogP contribution in [0.2, 0.25) is 0 Å². The van der Waals surface area contributed by atoms with Gasteiger partial charge in [0.25, 0.3) is 0 Å². The van der Waals surface area contributed by atoms with E-state index in [0.29, 0.717) is 6.04 Å². The summed E-state index contributed by atoms with van der Waals surface area (Å²) < 4.78 is 0. The topological polar surface area (TPSA) is 40.7 Å². The van der Waals surface area contributed by atoms with Crippen molar-refractivity contribution in [3.05, 3.63) is 53.6 Å². The summed E-state index contributed by atoms with van der Waals surface area (Å²) in [5, 5.41) is 3.46. The Balaban J connectivity index is 1.94. The lowest BCUT2D eigenvalue weighted by Gasteiger charge is -2.13. The summed E-state index contributed by atoms with van der Waals surface area (Å²) in [6, 6.07) is 10.8. The molecule has 0 saturated heterocycles. The Labute approximate surface area is 95.9 Å². The Hall–Kier alpha value is -1.61. The van der Waals surface area contributed by atoms with Gasteiger partial charge in [-0.25, -0.2) is 4.98 Å². The summed E-state index contributed by atoms with van der Waals surface area (Å²) in [5.41, 5.74) is 3.52. The lowest BCUT2D eigenvalue weighted by molar-refractivity contribution is 0.567. The molecule has 0 fully saturated rings. The van der Waals surface area contributed by atoms with Crippen molar-refractivity contribution >= 4 is 0 Å². The number of nitrogens with zero attached hydrogens (tertiary/aromatic N) is 1. The smallest absolute Gasteiger partial charge is 0.0925 e. The number of hydrogen-bond acceptors (Lipinski definition) is 2. The Bertz CT molecular complexity index is 433. The molecule has 0 saturated carbocycles. The van der Waals surface area contributed by atoms with E-state index in [4.69, 9.17) is 0 Å². The van der Waals surface area contributed by atoms with Gasteiger partial charge in [0, 0.05) is 18.3 Å². The average Bonchev–Trinajstić information content (AvgIpc) is 2.73. The number of aryl methyl sites for hydroxylation is 1. The summed E-state index contributed by atoms with van der Waals surface area (Å²) in [6.07, 6.45) is 1.74. The van der Waals surface area contributed by atoms with Crippen LogP contribution >= 0.6 is 0 Å². The highest BCUT2D eigenvalue weighted by atomic mass is 15.0. The molecule has 0 amide bonds. The van der Waals surface area contributed by atoms with E-state index in [9.17, 15) is 0 Å². The van der Waals surface area contributed by atoms with Crippen LogP contribution in [-0.4, -0.2) is 9.97 Å². The molecule has 0 aliphatic rings. The second kappa shape index (κ2) is 4.94. The first-order chi connectivity index (χ1) is 7.77. The Morgan fingerprint density at radius 2 is 2.06 bits per heavy atom. The summed E-state index contributed by atoms with van der Waals surface area (Å²) in [5.74, 6) is 0. The molecule has 0 spiro atoms. The maximum atomic E-state index is 4.26. The van der Waals surface area contributed by atoms with E-state index in [0.717, 1.165) is 17.9 Å². The summed E-state index contributed by atoms with van der Waals surface area (Å²) in [4.78, 5) is 7.34. The van der Waals surface area contributed by atoms with Crippen LogP contribution in [0.4, 0.5) is 0 Å². The fourth-order valence-electron chi connectivity index (χ4n) is 1.67. The zero-order chi connectivity index (χ0) is 11.4. The van der Waals surface area contributed by atoms with Crippen molar-refractivity contribution in [3.63, 3.8) is 0 Å². The maximum Gasteiger partial charge on any atom is 0.0925 e. The number of rotatable bonds is 4. The van der Waals surface area contributed by atoms with Crippen molar-refractivity contribution in [1.82, 2.24) is 15.3 Å². The number of benzene rings is 1. The van der Waals surface area contributed by atoms with Gasteiger partial charge >= 0.3 is 0 Å². The average molecular weight is 215 g/mol. The third-order valence-corrected chi connectivity index (χ3v) is 2.81. The minimum absolute atomic E-state index is 0.345. The molecule has 2 aromatic rings. The number of aromatic amines is 1. The van der Waals surface area contributed by atoms with Gasteiger partial charge in [0.05, 0.1) is 12.0 Å². The summed E-state index contributed by atoms with van der Waals surface area (Å²) in [7, 11) is 0. The molecule has 0 bridgehead atoms. The van der Waals surface area contributed by atoms with Crippen LogP contribution in [0.3, 0.4) is 0 Å². The Kier molecular flexibility index (Phi) is 3.37. The highest BCUT2D eigenvalue weighted by Gasteiger charge is 2.06. The van der Waals surface area contributed by atoms with Crippen molar-refractivity contribution < 1.29 is 0 Å². The van der Waals surface area contributed by atoms with E-state index >= 15 is 0 Å². The molecule has 84 valence electrons. The molecular weight excluding hydrogens is 198 g/mol. The van der Waals surface area contributed by atoms with Crippen molar-refractivity contribution in [3.8, 4) is 0 Å². The van der Waals surface area contributed by atoms with Crippen LogP contribution in [0.1, 0.15) is 29.9 Å². The highest BCUT2D eigenvalue weighted by molar-refractivity contribution is 5.18. The molecular formula is C13H17N3. The van der Waals surface area contributed by atoms with Crippen LogP contribution < -0.4 is 5.32 Å². The van der Waals surface area contributed by atoms with Gasteiger partial charge in [-0.05, 0) is 19.4 Å². The SMILES string of the molecule is Cc1[nH]cnc1CN[C@@H](C)c1ccccc1. The highest BCUT2D eigenvalue weighted by Crippen LogP contribution is 2.12. The molecule has 0 unspecified atom stereocenters. The van der Waals surface area contributed by atoms with E-state index in [2.05, 4.69) is 46.5 Å². The summed E-state index contributed by atoms with van der Waals surface area (Å²) in [6.45, 7) is 5.00. The molecule has 0 aliphatic carbocycles. The van der Waals surface area contributed by atoms with Gasteiger partial charge in [0.15, 0.2) is 0 Å². The quantitative estimate of drug-likeness (QED) is 0.823. The number of imidazole rings is 1. The van der Waals surface area contributed by atoms with Gasteiger partial charge in [0.2, 0.25) is 0 Å². The summed E-state index contributed by atoms with van der Waals surface area (Å²) >= 11 is 0. The number of aromatic nitrogens is 2. The van der Waals surface area contributed by atoms with E-state index in [1.807, 2.05) is 13.0 Å². The Morgan fingerprint density at radius 1 is 1.31 bits per heavy atom. The van der Waals surface area contributed by atoms with Gasteiger partial charge < -0.3 is 10.3 Å². The molecule has 2 N–H and O–H groups in total. The number of nitrogens with one attached hydrogen (secondary N) is 2. The van der Waals surface area contributed by atoms with E-state index in [-0.39, 0.29) is 0 Å². The van der Waals surface area contributed by atoms with Crippen LogP contribution in [0, 0.1) is 6.92 Å². The first-order valence-corrected chi connectivity index (χ1v) is 5.54. The van der Waals surface area contributed by atoms with Gasteiger partial charge in [-0.2, -0.15) is 0 Å². The molecule has 3 nitrogen and oxygen atoms in total. The third-order valence-electron chi connectivity index (χ3n) is 2.81. The van der Waals surface area contributed by atoms with Crippen molar-refractivity contribution in [2.45, 2.75) is 26.4 Å². The van der Waals surface area contributed by atoms with Crippen molar-refractivity contribution in [1.29, 1.82) is 0 Å². The molecule has 2 rings (SSSR count). The minimum Gasteiger partial charge on any atom is -0.348 e.